The molecule has 0 spiro atoms. The van der Waals surface area contributed by atoms with Crippen LogP contribution in [0.5, 0.6) is 0 Å². The van der Waals surface area contributed by atoms with Gasteiger partial charge in [-0.1, -0.05) is 36.4 Å². The number of hydrogen-bond acceptors (Lipinski definition) is 2. The standard InChI is InChI=1S/C20H26N4O/c1-4-22-20(24-14-18-10-6-5-8-15(18)2)23-13-16-9-7-11-17(12-16)19(25)21-3/h5-12H,4,13-14H2,1-3H3,(H,21,25)(H2,22,23,24). The second-order valence-electron chi connectivity index (χ2n) is 5.75. The molecule has 5 nitrogen and oxygen atoms in total. The van der Waals surface area contributed by atoms with E-state index in [0.29, 0.717) is 12.1 Å². The molecule has 0 fully saturated rings. The number of rotatable bonds is 6. The van der Waals surface area contributed by atoms with E-state index in [1.807, 2.05) is 37.3 Å². The Labute approximate surface area is 149 Å². The van der Waals surface area contributed by atoms with Crippen LogP contribution in [0.25, 0.3) is 0 Å². The van der Waals surface area contributed by atoms with Crippen LogP contribution in [0.15, 0.2) is 53.5 Å². The summed E-state index contributed by atoms with van der Waals surface area (Å²) in [4.78, 5) is 16.3. The molecule has 2 aromatic carbocycles. The molecule has 5 heteroatoms. The smallest absolute Gasteiger partial charge is 0.251 e. The SMILES string of the molecule is CCNC(=NCc1cccc(C(=O)NC)c1)NCc1ccccc1C. The number of aliphatic imine (C=N–C) groups is 1. The zero-order valence-electron chi connectivity index (χ0n) is 15.1. The van der Waals surface area contributed by atoms with E-state index in [0.717, 1.165) is 24.6 Å². The minimum absolute atomic E-state index is 0.0876. The Kier molecular flexibility index (Phi) is 7.01. The molecule has 0 aromatic heterocycles. The van der Waals surface area contributed by atoms with Gasteiger partial charge in [-0.05, 0) is 42.7 Å². The minimum atomic E-state index is -0.0876. The van der Waals surface area contributed by atoms with Crippen LogP contribution in [0.4, 0.5) is 0 Å². The maximum Gasteiger partial charge on any atom is 0.251 e. The van der Waals surface area contributed by atoms with Crippen LogP contribution in [0.2, 0.25) is 0 Å². The number of hydrogen-bond donors (Lipinski definition) is 3. The first-order valence-corrected chi connectivity index (χ1v) is 8.51. The third kappa shape index (κ3) is 5.64. The average Bonchev–Trinajstić information content (AvgIpc) is 2.64. The molecule has 25 heavy (non-hydrogen) atoms. The van der Waals surface area contributed by atoms with Gasteiger partial charge < -0.3 is 16.0 Å². The van der Waals surface area contributed by atoms with Crippen LogP contribution in [-0.4, -0.2) is 25.5 Å². The molecule has 3 N–H and O–H groups in total. The lowest BCUT2D eigenvalue weighted by Crippen LogP contribution is -2.36. The zero-order chi connectivity index (χ0) is 18.1. The Morgan fingerprint density at radius 3 is 2.60 bits per heavy atom. The summed E-state index contributed by atoms with van der Waals surface area (Å²) >= 11 is 0. The molecule has 2 rings (SSSR count). The van der Waals surface area contributed by atoms with Crippen LogP contribution in [0.1, 0.15) is 34.0 Å². The lowest BCUT2D eigenvalue weighted by Gasteiger charge is -2.13. The maximum absolute atomic E-state index is 11.7. The van der Waals surface area contributed by atoms with Crippen molar-refractivity contribution in [2.24, 2.45) is 4.99 Å². The molecule has 0 unspecified atom stereocenters. The number of benzene rings is 2. The molecule has 132 valence electrons. The molecule has 0 aliphatic heterocycles. The molecular weight excluding hydrogens is 312 g/mol. The number of aryl methyl sites for hydroxylation is 1. The fraction of sp³-hybridized carbons (Fsp3) is 0.300. The van der Waals surface area contributed by atoms with Crippen molar-refractivity contribution in [1.82, 2.24) is 16.0 Å². The third-order valence-corrected chi connectivity index (χ3v) is 3.89. The van der Waals surface area contributed by atoms with Crippen molar-refractivity contribution in [3.63, 3.8) is 0 Å². The van der Waals surface area contributed by atoms with Crippen LogP contribution >= 0.6 is 0 Å². The van der Waals surface area contributed by atoms with Crippen molar-refractivity contribution >= 4 is 11.9 Å². The van der Waals surface area contributed by atoms with E-state index >= 15 is 0 Å². The number of nitrogens with zero attached hydrogens (tertiary/aromatic N) is 1. The monoisotopic (exact) mass is 338 g/mol. The largest absolute Gasteiger partial charge is 0.357 e. The summed E-state index contributed by atoms with van der Waals surface area (Å²) in [6.45, 7) is 6.16. The number of carbonyl (C=O) groups is 1. The highest BCUT2D eigenvalue weighted by atomic mass is 16.1. The Morgan fingerprint density at radius 1 is 1.08 bits per heavy atom. The van der Waals surface area contributed by atoms with Gasteiger partial charge in [-0.15, -0.1) is 0 Å². The van der Waals surface area contributed by atoms with E-state index in [1.54, 1.807) is 13.1 Å². The van der Waals surface area contributed by atoms with E-state index in [9.17, 15) is 4.79 Å². The predicted molar refractivity (Wildman–Crippen MR) is 103 cm³/mol. The Balaban J connectivity index is 2.04. The lowest BCUT2D eigenvalue weighted by molar-refractivity contribution is 0.0963. The van der Waals surface area contributed by atoms with E-state index in [2.05, 4.69) is 40.0 Å². The van der Waals surface area contributed by atoms with Crippen molar-refractivity contribution < 1.29 is 4.79 Å². The summed E-state index contributed by atoms with van der Waals surface area (Å²) in [6, 6.07) is 15.8. The first kappa shape index (κ1) is 18.5. The molecule has 2 aromatic rings. The normalized spacial score (nSPS) is 11.1. The lowest BCUT2D eigenvalue weighted by atomic mass is 10.1. The van der Waals surface area contributed by atoms with Crippen molar-refractivity contribution in [2.45, 2.75) is 26.9 Å². The summed E-state index contributed by atoms with van der Waals surface area (Å²) in [6.07, 6.45) is 0. The highest BCUT2D eigenvalue weighted by Crippen LogP contribution is 2.08. The number of guanidine groups is 1. The summed E-state index contributed by atoms with van der Waals surface area (Å²) in [7, 11) is 1.63. The summed E-state index contributed by atoms with van der Waals surface area (Å²) in [5.41, 5.74) is 4.14. The second-order valence-corrected chi connectivity index (χ2v) is 5.75. The predicted octanol–water partition coefficient (Wildman–Crippen LogP) is 2.61. The molecule has 0 bridgehead atoms. The number of carbonyl (C=O) groups excluding carboxylic acids is 1. The fourth-order valence-electron chi connectivity index (χ4n) is 2.45. The van der Waals surface area contributed by atoms with Crippen LogP contribution in [0, 0.1) is 6.92 Å². The summed E-state index contributed by atoms with van der Waals surface area (Å²) in [5, 5.41) is 9.24. The molecule has 1 amide bonds. The Morgan fingerprint density at radius 2 is 1.88 bits per heavy atom. The molecule has 0 heterocycles. The number of nitrogens with one attached hydrogen (secondary N) is 3. The number of amides is 1. The van der Waals surface area contributed by atoms with Crippen molar-refractivity contribution in [3.8, 4) is 0 Å². The van der Waals surface area contributed by atoms with Gasteiger partial charge in [-0.2, -0.15) is 0 Å². The summed E-state index contributed by atoms with van der Waals surface area (Å²) in [5.74, 6) is 0.673. The van der Waals surface area contributed by atoms with Gasteiger partial charge in [-0.3, -0.25) is 4.79 Å². The van der Waals surface area contributed by atoms with Gasteiger partial charge in [0, 0.05) is 25.7 Å². The van der Waals surface area contributed by atoms with Gasteiger partial charge in [0.2, 0.25) is 0 Å². The van der Waals surface area contributed by atoms with Gasteiger partial charge in [0.05, 0.1) is 6.54 Å². The fourth-order valence-corrected chi connectivity index (χ4v) is 2.45. The Hall–Kier alpha value is -2.82. The summed E-state index contributed by atoms with van der Waals surface area (Å²) < 4.78 is 0. The average molecular weight is 338 g/mol. The molecular formula is C20H26N4O. The first-order valence-electron chi connectivity index (χ1n) is 8.51. The molecule has 0 atom stereocenters. The topological polar surface area (TPSA) is 65.5 Å². The highest BCUT2D eigenvalue weighted by molar-refractivity contribution is 5.94. The highest BCUT2D eigenvalue weighted by Gasteiger charge is 2.04. The van der Waals surface area contributed by atoms with Gasteiger partial charge in [0.15, 0.2) is 5.96 Å². The van der Waals surface area contributed by atoms with Gasteiger partial charge >= 0.3 is 0 Å². The van der Waals surface area contributed by atoms with Crippen molar-refractivity contribution in [3.05, 3.63) is 70.8 Å². The second kappa shape index (κ2) is 9.47. The third-order valence-electron chi connectivity index (χ3n) is 3.89. The van der Waals surface area contributed by atoms with E-state index in [-0.39, 0.29) is 5.91 Å². The quantitative estimate of drug-likeness (QED) is 0.560. The minimum Gasteiger partial charge on any atom is -0.357 e. The van der Waals surface area contributed by atoms with Gasteiger partial charge in [0.1, 0.15) is 0 Å². The van der Waals surface area contributed by atoms with Gasteiger partial charge in [0.25, 0.3) is 5.91 Å². The molecule has 0 saturated heterocycles. The Bertz CT molecular complexity index is 740. The molecule has 0 aliphatic carbocycles. The van der Waals surface area contributed by atoms with Gasteiger partial charge in [-0.25, -0.2) is 4.99 Å². The van der Waals surface area contributed by atoms with E-state index < -0.39 is 0 Å². The molecule has 0 radical (unpaired) electrons. The van der Waals surface area contributed by atoms with Crippen molar-refractivity contribution in [2.75, 3.05) is 13.6 Å². The zero-order valence-corrected chi connectivity index (χ0v) is 15.1. The van der Waals surface area contributed by atoms with Crippen LogP contribution < -0.4 is 16.0 Å². The van der Waals surface area contributed by atoms with Crippen LogP contribution in [0.3, 0.4) is 0 Å². The molecule has 0 aliphatic rings. The van der Waals surface area contributed by atoms with E-state index in [1.165, 1.54) is 11.1 Å². The molecule has 0 saturated carbocycles. The van der Waals surface area contributed by atoms with Crippen molar-refractivity contribution in [1.29, 1.82) is 0 Å². The maximum atomic E-state index is 11.7. The van der Waals surface area contributed by atoms with Crippen LogP contribution in [-0.2, 0) is 13.1 Å². The van der Waals surface area contributed by atoms with E-state index in [4.69, 9.17) is 0 Å². The first-order chi connectivity index (χ1) is 12.1.